The molecular weight excluding hydrogens is 690 g/mol. The van der Waals surface area contributed by atoms with Crippen molar-refractivity contribution in [3.8, 4) is 0 Å². The van der Waals surface area contributed by atoms with Crippen LogP contribution >= 0.6 is 11.6 Å². The number of carbonyl (C=O) groups is 2. The number of halogens is 3. The summed E-state index contributed by atoms with van der Waals surface area (Å²) in [6.45, 7) is 14.6. The summed E-state index contributed by atoms with van der Waals surface area (Å²) in [5.74, 6) is 0.244. The van der Waals surface area contributed by atoms with Crippen LogP contribution in [0.25, 0.3) is 21.5 Å². The molecule has 2 aromatic heterocycles. The molecule has 0 spiro atoms. The Balaban J connectivity index is 0.000000229. The Morgan fingerprint density at radius 2 is 1.21 bits per heavy atom. The summed E-state index contributed by atoms with van der Waals surface area (Å²) in [6, 6.07) is 13.2. The topological polar surface area (TPSA) is 118 Å². The van der Waals surface area contributed by atoms with E-state index in [0.717, 1.165) is 73.8 Å². The number of nitrogens with zero attached hydrogens (tertiary/aromatic N) is 3. The first-order valence-corrected chi connectivity index (χ1v) is 17.6. The highest BCUT2D eigenvalue weighted by Gasteiger charge is 2.25. The maximum atomic E-state index is 13.6. The van der Waals surface area contributed by atoms with Crippen molar-refractivity contribution in [3.05, 3.63) is 77.7 Å². The molecule has 3 N–H and O–H groups in total. The summed E-state index contributed by atoms with van der Waals surface area (Å²) in [7, 11) is 0. The van der Waals surface area contributed by atoms with Gasteiger partial charge in [-0.25, -0.2) is 28.3 Å². The predicted molar refractivity (Wildman–Crippen MR) is 205 cm³/mol. The van der Waals surface area contributed by atoms with Crippen LogP contribution in [0.2, 0.25) is 5.15 Å². The minimum atomic E-state index is -0.498. The Labute approximate surface area is 311 Å². The zero-order valence-electron chi connectivity index (χ0n) is 30.2. The lowest BCUT2D eigenvalue weighted by atomic mass is 10.0. The van der Waals surface area contributed by atoms with Gasteiger partial charge < -0.3 is 30.3 Å². The summed E-state index contributed by atoms with van der Waals surface area (Å²) in [4.78, 5) is 33.7. The van der Waals surface area contributed by atoms with Gasteiger partial charge in [-0.15, -0.1) is 0 Å². The van der Waals surface area contributed by atoms with E-state index in [1.165, 1.54) is 24.3 Å². The van der Waals surface area contributed by atoms with Crippen LogP contribution in [0.15, 0.2) is 60.9 Å². The quantitative estimate of drug-likeness (QED) is 0.178. The molecule has 52 heavy (non-hydrogen) atoms. The first kappa shape index (κ1) is 42.1. The number of ether oxygens (including phenoxy) is 2. The van der Waals surface area contributed by atoms with Crippen LogP contribution in [0.3, 0.4) is 0 Å². The lowest BCUT2D eigenvalue weighted by molar-refractivity contribution is 0.0484. The van der Waals surface area contributed by atoms with Gasteiger partial charge >= 0.3 is 12.2 Å². The molecule has 13 heteroatoms. The van der Waals surface area contributed by atoms with E-state index in [1.54, 1.807) is 30.6 Å². The SMILES string of the molecule is C.CC(C)(C)OC(=O)NC1CCN(c2nccc3ccc(F)cc23)CC1.CC(C)(C)OC(=O)NC1CCNCC1.Fc1ccc2ccnc(Cl)c2c1. The second kappa shape index (κ2) is 19.0. The van der Waals surface area contributed by atoms with Gasteiger partial charge in [0.25, 0.3) is 0 Å². The highest BCUT2D eigenvalue weighted by molar-refractivity contribution is 6.34. The second-order valence-corrected chi connectivity index (χ2v) is 14.9. The molecule has 0 bridgehead atoms. The second-order valence-electron chi connectivity index (χ2n) is 14.5. The average molecular weight is 743 g/mol. The van der Waals surface area contributed by atoms with Crippen LogP contribution in [0.5, 0.6) is 0 Å². The minimum absolute atomic E-state index is 0. The molecule has 2 aliphatic heterocycles. The number of benzene rings is 2. The number of hydrogen-bond acceptors (Lipinski definition) is 8. The molecule has 4 aromatic rings. The summed E-state index contributed by atoms with van der Waals surface area (Å²) in [5, 5.41) is 12.7. The predicted octanol–water partition coefficient (Wildman–Crippen LogP) is 8.79. The van der Waals surface area contributed by atoms with Crippen molar-refractivity contribution in [3.63, 3.8) is 0 Å². The number of piperidine rings is 2. The number of carbonyl (C=O) groups excluding carboxylic acids is 2. The van der Waals surface area contributed by atoms with Crippen molar-refractivity contribution < 1.29 is 27.8 Å². The van der Waals surface area contributed by atoms with Crippen molar-refractivity contribution in [2.75, 3.05) is 31.1 Å². The summed E-state index contributed by atoms with van der Waals surface area (Å²) >= 11 is 5.75. The van der Waals surface area contributed by atoms with E-state index < -0.39 is 11.2 Å². The number of hydrogen-bond donors (Lipinski definition) is 3. The van der Waals surface area contributed by atoms with E-state index in [2.05, 4.69) is 30.8 Å². The smallest absolute Gasteiger partial charge is 0.407 e. The third-order valence-electron chi connectivity index (χ3n) is 7.96. The van der Waals surface area contributed by atoms with Gasteiger partial charge in [-0.1, -0.05) is 31.2 Å². The van der Waals surface area contributed by atoms with Crippen molar-refractivity contribution >= 4 is 51.2 Å². The fourth-order valence-electron chi connectivity index (χ4n) is 5.63. The Morgan fingerprint density at radius 3 is 1.73 bits per heavy atom. The molecule has 2 fully saturated rings. The third kappa shape index (κ3) is 13.7. The molecule has 0 radical (unpaired) electrons. The van der Waals surface area contributed by atoms with E-state index in [-0.39, 0.29) is 43.3 Å². The number of fused-ring (bicyclic) bond motifs is 2. The number of alkyl carbamates (subject to hydrolysis) is 2. The van der Waals surface area contributed by atoms with Crippen LogP contribution in [0.1, 0.15) is 74.7 Å². The average Bonchev–Trinajstić information content (AvgIpc) is 3.05. The number of amides is 2. The summed E-state index contributed by atoms with van der Waals surface area (Å²) < 4.78 is 36.8. The van der Waals surface area contributed by atoms with Gasteiger partial charge in [-0.05, 0) is 127 Å². The number of anilines is 1. The monoisotopic (exact) mass is 742 g/mol. The van der Waals surface area contributed by atoms with Gasteiger partial charge in [-0.3, -0.25) is 0 Å². The molecular formula is C39H53ClF2N6O4. The molecule has 2 aromatic carbocycles. The molecule has 0 atom stereocenters. The van der Waals surface area contributed by atoms with Crippen molar-refractivity contribution in [2.45, 2.75) is 97.9 Å². The van der Waals surface area contributed by atoms with Crippen LogP contribution in [-0.4, -0.2) is 71.6 Å². The number of pyridine rings is 2. The van der Waals surface area contributed by atoms with Crippen LogP contribution < -0.4 is 20.9 Å². The van der Waals surface area contributed by atoms with E-state index >= 15 is 0 Å². The lowest BCUT2D eigenvalue weighted by Gasteiger charge is -2.34. The molecule has 0 aliphatic carbocycles. The summed E-state index contributed by atoms with van der Waals surface area (Å²) in [5.41, 5.74) is -0.904. The van der Waals surface area contributed by atoms with Crippen LogP contribution in [0, 0.1) is 11.6 Å². The van der Waals surface area contributed by atoms with E-state index in [0.29, 0.717) is 10.5 Å². The maximum absolute atomic E-state index is 13.6. The molecule has 6 rings (SSSR count). The lowest BCUT2D eigenvalue weighted by Crippen LogP contribution is -2.46. The van der Waals surface area contributed by atoms with Crippen molar-refractivity contribution in [2.24, 2.45) is 0 Å². The van der Waals surface area contributed by atoms with Gasteiger partial charge in [0, 0.05) is 48.3 Å². The molecule has 0 unspecified atom stereocenters. The molecule has 2 aliphatic rings. The van der Waals surface area contributed by atoms with Gasteiger partial charge in [-0.2, -0.15) is 0 Å². The Morgan fingerprint density at radius 1 is 0.750 bits per heavy atom. The Kier molecular flexibility index (Phi) is 15.4. The fourth-order valence-corrected chi connectivity index (χ4v) is 5.85. The van der Waals surface area contributed by atoms with Crippen LogP contribution in [0.4, 0.5) is 24.2 Å². The Bertz CT molecular complexity index is 1770. The van der Waals surface area contributed by atoms with E-state index in [9.17, 15) is 18.4 Å². The molecule has 2 amide bonds. The van der Waals surface area contributed by atoms with Gasteiger partial charge in [0.1, 0.15) is 33.8 Å². The standard InChI is InChI=1S/C19H24FN3O2.C10H20N2O2.C9H5ClFN.CH4/c1-19(2,3)25-18(24)22-15-7-10-23(11-8-15)17-16-12-14(20)5-4-13(16)6-9-21-17;1-10(2,3)14-9(13)12-8-4-6-11-7-5-8;10-9-8-5-7(11)2-1-6(8)3-4-12-9;/h4-6,9,12,15H,7-8,10-11H2,1-3H3,(H,22,24);8,11H,4-7H2,1-3H3,(H,12,13);1-5H;1H4. The zero-order valence-corrected chi connectivity index (χ0v) is 30.9. The molecule has 10 nitrogen and oxygen atoms in total. The third-order valence-corrected chi connectivity index (χ3v) is 8.26. The maximum Gasteiger partial charge on any atom is 0.407 e. The van der Waals surface area contributed by atoms with E-state index in [4.69, 9.17) is 21.1 Å². The number of nitrogens with one attached hydrogen (secondary N) is 3. The minimum Gasteiger partial charge on any atom is -0.444 e. The number of aromatic nitrogens is 2. The fraction of sp³-hybridized carbons (Fsp3) is 0.487. The zero-order chi connectivity index (χ0) is 37.2. The van der Waals surface area contributed by atoms with Gasteiger partial charge in [0.2, 0.25) is 0 Å². The van der Waals surface area contributed by atoms with Gasteiger partial charge in [0.15, 0.2) is 0 Å². The first-order chi connectivity index (χ1) is 24.1. The number of rotatable bonds is 3. The van der Waals surface area contributed by atoms with Gasteiger partial charge in [0.05, 0.1) is 0 Å². The first-order valence-electron chi connectivity index (χ1n) is 17.2. The Hall–Kier alpha value is -4.29. The molecule has 4 heterocycles. The highest BCUT2D eigenvalue weighted by atomic mass is 35.5. The summed E-state index contributed by atoms with van der Waals surface area (Å²) in [6.07, 6.45) is 6.24. The van der Waals surface area contributed by atoms with Crippen molar-refractivity contribution in [1.29, 1.82) is 0 Å². The van der Waals surface area contributed by atoms with Crippen molar-refractivity contribution in [1.82, 2.24) is 25.9 Å². The molecule has 0 saturated carbocycles. The molecule has 284 valence electrons. The highest BCUT2D eigenvalue weighted by Crippen LogP contribution is 2.28. The van der Waals surface area contributed by atoms with Crippen LogP contribution in [-0.2, 0) is 9.47 Å². The van der Waals surface area contributed by atoms with E-state index in [1.807, 2.05) is 47.6 Å². The molecule has 2 saturated heterocycles. The largest absolute Gasteiger partial charge is 0.444 e. The normalized spacial score (nSPS) is 15.3.